The Labute approximate surface area is 153 Å². The first-order valence-electron chi connectivity index (χ1n) is 8.49. The molecule has 0 aliphatic carbocycles. The first-order valence-corrected chi connectivity index (χ1v) is 9.93. The van der Waals surface area contributed by atoms with Gasteiger partial charge in [0.15, 0.2) is 0 Å². The molecule has 6 heteroatoms. The van der Waals surface area contributed by atoms with Crippen LogP contribution in [0, 0.1) is 0 Å². The lowest BCUT2D eigenvalue weighted by molar-refractivity contribution is 0.441. The van der Waals surface area contributed by atoms with Crippen molar-refractivity contribution in [1.29, 1.82) is 0 Å². The van der Waals surface area contributed by atoms with Gasteiger partial charge in [0.1, 0.15) is 4.90 Å². The summed E-state index contributed by atoms with van der Waals surface area (Å²) in [5.41, 5.74) is 3.18. The minimum atomic E-state index is -3.55. The molecule has 26 heavy (non-hydrogen) atoms. The second-order valence-electron chi connectivity index (χ2n) is 6.16. The summed E-state index contributed by atoms with van der Waals surface area (Å²) in [6, 6.07) is 19.6. The van der Waals surface area contributed by atoms with Gasteiger partial charge in [0.2, 0.25) is 10.0 Å². The van der Waals surface area contributed by atoms with Crippen molar-refractivity contribution in [2.24, 2.45) is 0 Å². The van der Waals surface area contributed by atoms with Gasteiger partial charge in [0, 0.05) is 13.1 Å². The maximum Gasteiger partial charge on any atom is 0.246 e. The SMILES string of the molecule is O=S(=O)(c1cnn(-c2ccccc2)c1)N1CC=C(c2ccccc2)CC1. The highest BCUT2D eigenvalue weighted by atomic mass is 32.2. The van der Waals surface area contributed by atoms with Crippen molar-refractivity contribution >= 4 is 15.6 Å². The van der Waals surface area contributed by atoms with Crippen LogP contribution in [-0.2, 0) is 10.0 Å². The van der Waals surface area contributed by atoms with Crippen LogP contribution in [0.4, 0.5) is 0 Å². The Hall–Kier alpha value is -2.70. The number of sulfonamides is 1. The maximum absolute atomic E-state index is 12.9. The highest BCUT2D eigenvalue weighted by Crippen LogP contribution is 2.26. The lowest BCUT2D eigenvalue weighted by Crippen LogP contribution is -2.34. The van der Waals surface area contributed by atoms with Crippen molar-refractivity contribution in [3.63, 3.8) is 0 Å². The summed E-state index contributed by atoms with van der Waals surface area (Å²) in [6.07, 6.45) is 5.69. The third-order valence-electron chi connectivity index (χ3n) is 4.53. The van der Waals surface area contributed by atoms with E-state index in [-0.39, 0.29) is 4.90 Å². The Morgan fingerprint density at radius 1 is 0.923 bits per heavy atom. The molecular formula is C20H19N3O2S. The third kappa shape index (κ3) is 3.21. The molecule has 0 bridgehead atoms. The van der Waals surface area contributed by atoms with Gasteiger partial charge in [0.05, 0.1) is 18.1 Å². The van der Waals surface area contributed by atoms with Crippen LogP contribution in [-0.4, -0.2) is 35.6 Å². The summed E-state index contributed by atoms with van der Waals surface area (Å²) in [6.45, 7) is 0.850. The smallest absolute Gasteiger partial charge is 0.240 e. The van der Waals surface area contributed by atoms with E-state index >= 15 is 0 Å². The lowest BCUT2D eigenvalue weighted by Gasteiger charge is -2.25. The normalized spacial score (nSPS) is 15.6. The number of benzene rings is 2. The van der Waals surface area contributed by atoms with E-state index in [4.69, 9.17) is 0 Å². The zero-order valence-corrected chi connectivity index (χ0v) is 15.0. The van der Waals surface area contributed by atoms with Gasteiger partial charge in [-0.05, 0) is 29.7 Å². The second kappa shape index (κ2) is 6.90. The van der Waals surface area contributed by atoms with E-state index in [0.717, 1.165) is 11.3 Å². The monoisotopic (exact) mass is 365 g/mol. The molecule has 3 aromatic rings. The molecule has 0 N–H and O–H groups in total. The van der Waals surface area contributed by atoms with Crippen LogP contribution >= 0.6 is 0 Å². The number of hydrogen-bond donors (Lipinski definition) is 0. The van der Waals surface area contributed by atoms with E-state index in [2.05, 4.69) is 17.2 Å². The summed E-state index contributed by atoms with van der Waals surface area (Å²) in [7, 11) is -3.55. The first-order chi connectivity index (χ1) is 12.6. The van der Waals surface area contributed by atoms with E-state index in [1.165, 1.54) is 16.1 Å². The Balaban J connectivity index is 1.55. The van der Waals surface area contributed by atoms with Gasteiger partial charge in [-0.1, -0.05) is 54.6 Å². The molecular weight excluding hydrogens is 346 g/mol. The Morgan fingerprint density at radius 3 is 2.27 bits per heavy atom. The molecule has 1 aliphatic rings. The summed E-state index contributed by atoms with van der Waals surface area (Å²) in [5.74, 6) is 0. The van der Waals surface area contributed by atoms with E-state index in [1.54, 1.807) is 10.9 Å². The molecule has 0 saturated carbocycles. The quantitative estimate of drug-likeness (QED) is 0.712. The minimum absolute atomic E-state index is 0.220. The molecule has 2 heterocycles. The van der Waals surface area contributed by atoms with Gasteiger partial charge in [-0.2, -0.15) is 9.40 Å². The zero-order valence-electron chi connectivity index (χ0n) is 14.2. The topological polar surface area (TPSA) is 55.2 Å². The summed E-state index contributed by atoms with van der Waals surface area (Å²) < 4.78 is 28.9. The molecule has 0 spiro atoms. The lowest BCUT2D eigenvalue weighted by atomic mass is 10.0. The van der Waals surface area contributed by atoms with Crippen LogP contribution in [0.5, 0.6) is 0 Å². The van der Waals surface area contributed by atoms with Gasteiger partial charge in [-0.15, -0.1) is 0 Å². The Kier molecular flexibility index (Phi) is 4.44. The fourth-order valence-electron chi connectivity index (χ4n) is 3.09. The van der Waals surface area contributed by atoms with Crippen LogP contribution in [0.1, 0.15) is 12.0 Å². The molecule has 0 saturated heterocycles. The van der Waals surface area contributed by atoms with E-state index in [1.807, 2.05) is 54.6 Å². The molecule has 132 valence electrons. The third-order valence-corrected chi connectivity index (χ3v) is 6.35. The van der Waals surface area contributed by atoms with Gasteiger partial charge in [-0.25, -0.2) is 13.1 Å². The highest BCUT2D eigenvalue weighted by molar-refractivity contribution is 7.89. The second-order valence-corrected chi connectivity index (χ2v) is 8.10. The van der Waals surface area contributed by atoms with Crippen LogP contribution in [0.15, 0.2) is 84.0 Å². The predicted molar refractivity (Wildman–Crippen MR) is 101 cm³/mol. The van der Waals surface area contributed by atoms with E-state index < -0.39 is 10.0 Å². The molecule has 0 radical (unpaired) electrons. The molecule has 5 nitrogen and oxygen atoms in total. The Morgan fingerprint density at radius 2 is 1.62 bits per heavy atom. The standard InChI is InChI=1S/C20H19N3O2S/c24-26(25,20-15-21-23(16-20)19-9-5-2-6-10-19)22-13-11-18(12-14-22)17-7-3-1-4-8-17/h1-11,15-16H,12-14H2. The highest BCUT2D eigenvalue weighted by Gasteiger charge is 2.27. The maximum atomic E-state index is 12.9. The molecule has 1 aliphatic heterocycles. The molecule has 1 aromatic heterocycles. The van der Waals surface area contributed by atoms with Crippen molar-refractivity contribution in [1.82, 2.24) is 14.1 Å². The average Bonchev–Trinajstić information content (AvgIpc) is 3.21. The van der Waals surface area contributed by atoms with Crippen LogP contribution in [0.25, 0.3) is 11.3 Å². The van der Waals surface area contributed by atoms with Gasteiger partial charge in [0.25, 0.3) is 0 Å². The van der Waals surface area contributed by atoms with E-state index in [0.29, 0.717) is 19.5 Å². The van der Waals surface area contributed by atoms with Crippen molar-refractivity contribution in [3.05, 3.63) is 84.7 Å². The summed E-state index contributed by atoms with van der Waals surface area (Å²) >= 11 is 0. The molecule has 0 fully saturated rings. The molecule has 2 aromatic carbocycles. The number of hydrogen-bond acceptors (Lipinski definition) is 3. The largest absolute Gasteiger partial charge is 0.246 e. The van der Waals surface area contributed by atoms with Crippen LogP contribution in [0.2, 0.25) is 0 Å². The minimum Gasteiger partial charge on any atom is -0.240 e. The molecule has 4 rings (SSSR count). The molecule has 0 unspecified atom stereocenters. The number of para-hydroxylation sites is 1. The first kappa shape index (κ1) is 16.8. The van der Waals surface area contributed by atoms with Gasteiger partial charge >= 0.3 is 0 Å². The fourth-order valence-corrected chi connectivity index (χ4v) is 4.41. The van der Waals surface area contributed by atoms with Gasteiger partial charge < -0.3 is 0 Å². The molecule has 0 atom stereocenters. The summed E-state index contributed by atoms with van der Waals surface area (Å²) in [5, 5.41) is 4.21. The van der Waals surface area contributed by atoms with Crippen molar-refractivity contribution in [2.45, 2.75) is 11.3 Å². The number of rotatable bonds is 4. The van der Waals surface area contributed by atoms with Crippen molar-refractivity contribution < 1.29 is 8.42 Å². The van der Waals surface area contributed by atoms with Crippen LogP contribution < -0.4 is 0 Å². The Bertz CT molecular complexity index is 1030. The average molecular weight is 365 g/mol. The number of aromatic nitrogens is 2. The predicted octanol–water partition coefficient (Wildman–Crippen LogP) is 3.35. The zero-order chi connectivity index (χ0) is 18.0. The number of nitrogens with zero attached hydrogens (tertiary/aromatic N) is 3. The summed E-state index contributed by atoms with van der Waals surface area (Å²) in [4.78, 5) is 0.220. The van der Waals surface area contributed by atoms with Crippen LogP contribution in [0.3, 0.4) is 0 Å². The fraction of sp³-hybridized carbons (Fsp3) is 0.150. The van der Waals surface area contributed by atoms with Crippen molar-refractivity contribution in [2.75, 3.05) is 13.1 Å². The van der Waals surface area contributed by atoms with Crippen molar-refractivity contribution in [3.8, 4) is 5.69 Å². The van der Waals surface area contributed by atoms with E-state index in [9.17, 15) is 8.42 Å². The van der Waals surface area contributed by atoms with Gasteiger partial charge in [-0.3, -0.25) is 0 Å². The molecule has 0 amide bonds.